The first-order valence-electron chi connectivity index (χ1n) is 7.84. The topological polar surface area (TPSA) is 68.5 Å². The van der Waals surface area contributed by atoms with E-state index in [4.69, 9.17) is 9.26 Å². The number of likely N-dealkylation sites (tertiary alicyclic amines) is 1. The van der Waals surface area contributed by atoms with Gasteiger partial charge < -0.3 is 9.26 Å². The lowest BCUT2D eigenvalue weighted by Gasteiger charge is -2.25. The van der Waals surface area contributed by atoms with E-state index in [2.05, 4.69) is 15.0 Å². The van der Waals surface area contributed by atoms with Crippen LogP contribution in [0.5, 0.6) is 0 Å². The highest BCUT2D eigenvalue weighted by Gasteiger charge is 2.55. The highest BCUT2D eigenvalue weighted by atomic mass is 16.5. The molecule has 1 saturated heterocycles. The quantitative estimate of drug-likeness (QED) is 0.787. The van der Waals surface area contributed by atoms with E-state index >= 15 is 0 Å². The molecule has 4 rings (SSSR count). The minimum Gasteiger partial charge on any atom is -0.469 e. The molecule has 0 unspecified atom stereocenters. The Bertz CT molecular complexity index is 554. The molecule has 3 aliphatic rings. The number of hydrogen-bond donors (Lipinski definition) is 0. The monoisotopic (exact) mass is 291 g/mol. The molecule has 1 aromatic heterocycles. The summed E-state index contributed by atoms with van der Waals surface area (Å²) in [7, 11) is 1.50. The number of rotatable bonds is 4. The Morgan fingerprint density at radius 1 is 1.48 bits per heavy atom. The Kier molecular flexibility index (Phi) is 3.03. The molecule has 2 atom stereocenters. The van der Waals surface area contributed by atoms with Crippen molar-refractivity contribution >= 4 is 5.97 Å². The van der Waals surface area contributed by atoms with Crippen LogP contribution < -0.4 is 0 Å². The first kappa shape index (κ1) is 13.2. The molecule has 21 heavy (non-hydrogen) atoms. The van der Waals surface area contributed by atoms with Crippen LogP contribution in [0.25, 0.3) is 0 Å². The van der Waals surface area contributed by atoms with Gasteiger partial charge in [-0.05, 0) is 31.6 Å². The van der Waals surface area contributed by atoms with Gasteiger partial charge in [-0.15, -0.1) is 0 Å². The average molecular weight is 291 g/mol. The van der Waals surface area contributed by atoms with Gasteiger partial charge in [0.05, 0.1) is 19.1 Å². The number of carbonyl (C=O) groups is 1. The van der Waals surface area contributed by atoms with Crippen molar-refractivity contribution in [2.24, 2.45) is 11.3 Å². The third kappa shape index (κ3) is 2.16. The van der Waals surface area contributed by atoms with Crippen molar-refractivity contribution in [1.82, 2.24) is 15.0 Å². The first-order valence-corrected chi connectivity index (χ1v) is 7.84. The standard InChI is InChI=1S/C15H21N3O3/c1-20-14(19)15-6-2-3-11(15)7-18(9-15)8-12-16-13(21-17-12)10-4-5-10/h10-11H,2-9H2,1H3/t11-,15-/m1/s1. The van der Waals surface area contributed by atoms with Crippen molar-refractivity contribution in [3.63, 3.8) is 0 Å². The van der Waals surface area contributed by atoms with Crippen molar-refractivity contribution in [2.45, 2.75) is 44.6 Å². The summed E-state index contributed by atoms with van der Waals surface area (Å²) in [5.41, 5.74) is -0.294. The van der Waals surface area contributed by atoms with Crippen LogP contribution in [0.1, 0.15) is 49.7 Å². The van der Waals surface area contributed by atoms with Crippen molar-refractivity contribution < 1.29 is 14.1 Å². The minimum absolute atomic E-state index is 0.0423. The fourth-order valence-corrected chi connectivity index (χ4v) is 4.08. The van der Waals surface area contributed by atoms with E-state index in [1.807, 2.05) is 0 Å². The maximum absolute atomic E-state index is 12.2. The molecule has 114 valence electrons. The molecule has 0 spiro atoms. The van der Waals surface area contributed by atoms with Crippen molar-refractivity contribution in [3.8, 4) is 0 Å². The SMILES string of the molecule is COC(=O)[C@@]12CCC[C@@H]1CN(Cc1noc(C3CC3)n1)C2. The molecule has 0 N–H and O–H groups in total. The second-order valence-corrected chi connectivity index (χ2v) is 6.73. The van der Waals surface area contributed by atoms with Crippen LogP contribution in [0.2, 0.25) is 0 Å². The molecule has 2 heterocycles. The van der Waals surface area contributed by atoms with E-state index in [0.29, 0.717) is 18.4 Å². The number of hydrogen-bond acceptors (Lipinski definition) is 6. The molecule has 2 aliphatic carbocycles. The van der Waals surface area contributed by atoms with Crippen LogP contribution in [0, 0.1) is 11.3 Å². The molecule has 6 heteroatoms. The van der Waals surface area contributed by atoms with E-state index in [0.717, 1.165) is 44.1 Å². The number of methoxy groups -OCH3 is 1. The zero-order valence-electron chi connectivity index (χ0n) is 12.4. The summed E-state index contributed by atoms with van der Waals surface area (Å²) < 4.78 is 10.4. The Labute approximate surface area is 123 Å². The fourth-order valence-electron chi connectivity index (χ4n) is 4.08. The van der Waals surface area contributed by atoms with Gasteiger partial charge in [0.1, 0.15) is 0 Å². The molecule has 0 bridgehead atoms. The zero-order chi connectivity index (χ0) is 14.4. The Hall–Kier alpha value is -1.43. The van der Waals surface area contributed by atoms with E-state index in [9.17, 15) is 4.79 Å². The summed E-state index contributed by atoms with van der Waals surface area (Å²) in [6, 6.07) is 0. The Morgan fingerprint density at radius 2 is 2.33 bits per heavy atom. The number of esters is 1. The maximum atomic E-state index is 12.2. The van der Waals surface area contributed by atoms with Gasteiger partial charge in [-0.25, -0.2) is 0 Å². The fraction of sp³-hybridized carbons (Fsp3) is 0.800. The van der Waals surface area contributed by atoms with Crippen molar-refractivity contribution in [3.05, 3.63) is 11.7 Å². The number of fused-ring (bicyclic) bond motifs is 1. The summed E-state index contributed by atoms with van der Waals surface area (Å²) in [5.74, 6) is 2.40. The molecule has 0 radical (unpaired) electrons. The second kappa shape index (κ2) is 4.80. The molecule has 1 aromatic rings. The smallest absolute Gasteiger partial charge is 0.313 e. The molecule has 1 aliphatic heterocycles. The summed E-state index contributed by atoms with van der Waals surface area (Å²) in [6.45, 7) is 2.37. The minimum atomic E-state index is -0.294. The van der Waals surface area contributed by atoms with Gasteiger partial charge in [0.15, 0.2) is 5.82 Å². The van der Waals surface area contributed by atoms with Crippen LogP contribution >= 0.6 is 0 Å². The first-order chi connectivity index (χ1) is 10.2. The van der Waals surface area contributed by atoms with E-state index < -0.39 is 0 Å². The molecular formula is C15H21N3O3. The Balaban J connectivity index is 1.46. The van der Waals surface area contributed by atoms with E-state index in [1.165, 1.54) is 20.0 Å². The van der Waals surface area contributed by atoms with Crippen LogP contribution in [0.4, 0.5) is 0 Å². The lowest BCUT2D eigenvalue weighted by molar-refractivity contribution is -0.153. The average Bonchev–Trinajstić information content (AvgIpc) is 2.93. The van der Waals surface area contributed by atoms with Crippen LogP contribution in [0.15, 0.2) is 4.52 Å². The van der Waals surface area contributed by atoms with Crippen molar-refractivity contribution in [2.75, 3.05) is 20.2 Å². The normalized spacial score (nSPS) is 32.3. The number of aromatic nitrogens is 2. The summed E-state index contributed by atoms with van der Waals surface area (Å²) in [6.07, 6.45) is 5.52. The number of carbonyl (C=O) groups excluding carboxylic acids is 1. The third-order valence-corrected chi connectivity index (χ3v) is 5.31. The van der Waals surface area contributed by atoms with E-state index in [-0.39, 0.29) is 11.4 Å². The van der Waals surface area contributed by atoms with Gasteiger partial charge in [-0.2, -0.15) is 4.98 Å². The lowest BCUT2D eigenvalue weighted by Crippen LogP contribution is -2.36. The molecular weight excluding hydrogens is 270 g/mol. The second-order valence-electron chi connectivity index (χ2n) is 6.73. The zero-order valence-corrected chi connectivity index (χ0v) is 12.4. The molecule has 3 fully saturated rings. The predicted molar refractivity (Wildman–Crippen MR) is 73.3 cm³/mol. The third-order valence-electron chi connectivity index (χ3n) is 5.31. The van der Waals surface area contributed by atoms with Gasteiger partial charge in [-0.1, -0.05) is 11.6 Å². The van der Waals surface area contributed by atoms with Gasteiger partial charge in [0, 0.05) is 19.0 Å². The molecule has 0 aromatic carbocycles. The summed E-state index contributed by atoms with van der Waals surface area (Å²) >= 11 is 0. The van der Waals surface area contributed by atoms with Crippen LogP contribution in [-0.2, 0) is 16.1 Å². The van der Waals surface area contributed by atoms with Gasteiger partial charge in [0.25, 0.3) is 0 Å². The number of nitrogens with zero attached hydrogens (tertiary/aromatic N) is 3. The van der Waals surface area contributed by atoms with Gasteiger partial charge >= 0.3 is 5.97 Å². The van der Waals surface area contributed by atoms with E-state index in [1.54, 1.807) is 0 Å². The summed E-state index contributed by atoms with van der Waals surface area (Å²) in [5, 5.41) is 4.08. The van der Waals surface area contributed by atoms with Crippen molar-refractivity contribution in [1.29, 1.82) is 0 Å². The van der Waals surface area contributed by atoms with Gasteiger partial charge in [-0.3, -0.25) is 9.69 Å². The Morgan fingerprint density at radius 3 is 3.10 bits per heavy atom. The van der Waals surface area contributed by atoms with Gasteiger partial charge in [0.2, 0.25) is 5.89 Å². The maximum Gasteiger partial charge on any atom is 0.313 e. The molecule has 0 amide bonds. The molecule has 2 saturated carbocycles. The largest absolute Gasteiger partial charge is 0.469 e. The summed E-state index contributed by atoms with van der Waals surface area (Å²) in [4.78, 5) is 19.0. The lowest BCUT2D eigenvalue weighted by atomic mass is 9.81. The van der Waals surface area contributed by atoms with Crippen LogP contribution in [-0.4, -0.2) is 41.2 Å². The number of ether oxygens (including phenoxy) is 1. The van der Waals surface area contributed by atoms with Crippen LogP contribution in [0.3, 0.4) is 0 Å². The predicted octanol–water partition coefficient (Wildman–Crippen LogP) is 1.72. The highest BCUT2D eigenvalue weighted by Crippen LogP contribution is 2.49. The highest BCUT2D eigenvalue weighted by molar-refractivity contribution is 5.78. The molecule has 6 nitrogen and oxygen atoms in total.